The number of aliphatic hydroxyl groups excluding tert-OH is 4. The molecule has 0 aromatic heterocycles. The fourth-order valence-electron chi connectivity index (χ4n) is 5.36. The first-order valence-corrected chi connectivity index (χ1v) is 17.6. The lowest BCUT2D eigenvalue weighted by Crippen LogP contribution is -2.59. The van der Waals surface area contributed by atoms with Crippen molar-refractivity contribution in [2.45, 2.75) is 185 Å². The van der Waals surface area contributed by atoms with Crippen LogP contribution in [-0.2, 0) is 28.5 Å². The minimum atomic E-state index is -1.59. The van der Waals surface area contributed by atoms with Crippen molar-refractivity contribution < 1.29 is 49.0 Å². The van der Waals surface area contributed by atoms with Gasteiger partial charge in [0.05, 0.1) is 13.2 Å². The number of esters is 2. The van der Waals surface area contributed by atoms with Crippen molar-refractivity contribution in [3.05, 3.63) is 0 Å². The molecule has 1 saturated heterocycles. The minimum Gasteiger partial charge on any atom is -0.462 e. The summed E-state index contributed by atoms with van der Waals surface area (Å²) in [5, 5.41) is 39.6. The van der Waals surface area contributed by atoms with Crippen molar-refractivity contribution in [1.82, 2.24) is 0 Å². The predicted molar refractivity (Wildman–Crippen MR) is 169 cm³/mol. The van der Waals surface area contributed by atoms with Crippen LogP contribution in [0.15, 0.2) is 0 Å². The SMILES string of the molecule is CCCCCCCCCCCCCCCCCC(=O)OC(COC(=O)CCCCCC)COC1OC(CO)C(O)C(O)C1O. The Bertz CT molecular complexity index is 704. The smallest absolute Gasteiger partial charge is 0.306 e. The molecule has 6 atom stereocenters. The van der Waals surface area contributed by atoms with E-state index in [-0.39, 0.29) is 26.1 Å². The van der Waals surface area contributed by atoms with E-state index in [1.54, 1.807) is 0 Å². The van der Waals surface area contributed by atoms with Crippen LogP contribution < -0.4 is 0 Å². The average Bonchev–Trinajstić information content (AvgIpc) is 3.02. The topological polar surface area (TPSA) is 152 Å². The van der Waals surface area contributed by atoms with Gasteiger partial charge < -0.3 is 39.4 Å². The maximum absolute atomic E-state index is 12.6. The molecule has 10 heteroatoms. The molecule has 0 saturated carbocycles. The number of hydrogen-bond donors (Lipinski definition) is 4. The normalized spacial score (nSPS) is 22.5. The summed E-state index contributed by atoms with van der Waals surface area (Å²) >= 11 is 0. The van der Waals surface area contributed by atoms with Crippen molar-refractivity contribution >= 4 is 11.9 Å². The molecule has 44 heavy (non-hydrogen) atoms. The molecular formula is C34H64O10. The van der Waals surface area contributed by atoms with Crippen molar-refractivity contribution in [3.8, 4) is 0 Å². The Morgan fingerprint density at radius 3 is 1.57 bits per heavy atom. The Hall–Kier alpha value is -1.30. The van der Waals surface area contributed by atoms with E-state index in [1.165, 1.54) is 70.6 Å². The molecule has 260 valence electrons. The Balaban J connectivity index is 2.33. The van der Waals surface area contributed by atoms with Crippen LogP contribution >= 0.6 is 0 Å². The largest absolute Gasteiger partial charge is 0.462 e. The highest BCUT2D eigenvalue weighted by Gasteiger charge is 2.44. The van der Waals surface area contributed by atoms with E-state index < -0.39 is 55.4 Å². The molecule has 0 aliphatic carbocycles. The Morgan fingerprint density at radius 2 is 1.07 bits per heavy atom. The summed E-state index contributed by atoms with van der Waals surface area (Å²) in [4.78, 5) is 24.8. The van der Waals surface area contributed by atoms with E-state index in [2.05, 4.69) is 13.8 Å². The lowest BCUT2D eigenvalue weighted by atomic mass is 9.99. The predicted octanol–water partition coefficient (Wildman–Crippen LogP) is 5.49. The lowest BCUT2D eigenvalue weighted by Gasteiger charge is -2.39. The summed E-state index contributed by atoms with van der Waals surface area (Å²) < 4.78 is 21.8. The van der Waals surface area contributed by atoms with E-state index in [4.69, 9.17) is 18.9 Å². The van der Waals surface area contributed by atoms with E-state index in [0.29, 0.717) is 6.42 Å². The van der Waals surface area contributed by atoms with Crippen LogP contribution in [0.3, 0.4) is 0 Å². The van der Waals surface area contributed by atoms with Gasteiger partial charge in [-0.15, -0.1) is 0 Å². The monoisotopic (exact) mass is 632 g/mol. The highest BCUT2D eigenvalue weighted by Crippen LogP contribution is 2.22. The number of hydrogen-bond acceptors (Lipinski definition) is 10. The zero-order valence-electron chi connectivity index (χ0n) is 27.7. The summed E-state index contributed by atoms with van der Waals surface area (Å²) in [6, 6.07) is 0. The van der Waals surface area contributed by atoms with E-state index in [1.807, 2.05) is 0 Å². The zero-order valence-corrected chi connectivity index (χ0v) is 27.7. The number of rotatable bonds is 28. The van der Waals surface area contributed by atoms with E-state index in [0.717, 1.165) is 44.9 Å². The quantitative estimate of drug-likeness (QED) is 0.0644. The van der Waals surface area contributed by atoms with Gasteiger partial charge in [-0.25, -0.2) is 0 Å². The standard InChI is InChI=1S/C34H64O10/c1-3-5-7-9-10-11-12-13-14-15-16-17-18-19-21-23-30(37)43-27(25-41-29(36)22-20-8-6-4-2)26-42-34-33(40)32(39)31(38)28(24-35)44-34/h27-28,31-35,38-40H,3-26H2,1-2H3. The molecule has 4 N–H and O–H groups in total. The van der Waals surface area contributed by atoms with Crippen LogP contribution in [0.25, 0.3) is 0 Å². The van der Waals surface area contributed by atoms with Gasteiger partial charge in [0, 0.05) is 12.8 Å². The van der Waals surface area contributed by atoms with Crippen molar-refractivity contribution in [2.24, 2.45) is 0 Å². The molecule has 1 rings (SSSR count). The summed E-state index contributed by atoms with van der Waals surface area (Å²) in [5.74, 6) is -0.821. The molecule has 10 nitrogen and oxygen atoms in total. The summed E-state index contributed by atoms with van der Waals surface area (Å²) in [7, 11) is 0. The van der Waals surface area contributed by atoms with Crippen LogP contribution in [0.4, 0.5) is 0 Å². The van der Waals surface area contributed by atoms with Gasteiger partial charge >= 0.3 is 11.9 Å². The Kier molecular flexibility index (Phi) is 24.9. The van der Waals surface area contributed by atoms with Crippen LogP contribution in [0.5, 0.6) is 0 Å². The zero-order chi connectivity index (χ0) is 32.4. The summed E-state index contributed by atoms with van der Waals surface area (Å²) in [6.45, 7) is 3.27. The fraction of sp³-hybridized carbons (Fsp3) is 0.941. The lowest BCUT2D eigenvalue weighted by molar-refractivity contribution is -0.305. The second-order valence-corrected chi connectivity index (χ2v) is 12.3. The number of carbonyl (C=O) groups excluding carboxylic acids is 2. The molecule has 1 heterocycles. The van der Waals surface area contributed by atoms with Gasteiger partial charge in [-0.1, -0.05) is 123 Å². The molecule has 1 aliphatic heterocycles. The third-order valence-corrected chi connectivity index (χ3v) is 8.24. The maximum Gasteiger partial charge on any atom is 0.306 e. The first kappa shape index (κ1) is 40.7. The molecule has 0 radical (unpaired) electrons. The number of aliphatic hydroxyl groups is 4. The van der Waals surface area contributed by atoms with Crippen molar-refractivity contribution in [3.63, 3.8) is 0 Å². The van der Waals surface area contributed by atoms with Crippen molar-refractivity contribution in [2.75, 3.05) is 19.8 Å². The van der Waals surface area contributed by atoms with Gasteiger partial charge in [0.15, 0.2) is 12.4 Å². The highest BCUT2D eigenvalue weighted by molar-refractivity contribution is 5.70. The molecule has 6 unspecified atom stereocenters. The fourth-order valence-corrected chi connectivity index (χ4v) is 5.36. The Morgan fingerprint density at radius 1 is 0.614 bits per heavy atom. The summed E-state index contributed by atoms with van der Waals surface area (Å²) in [6.07, 6.45) is 14.7. The average molecular weight is 633 g/mol. The third kappa shape index (κ3) is 19.3. The number of unbranched alkanes of at least 4 members (excludes halogenated alkanes) is 17. The highest BCUT2D eigenvalue weighted by atomic mass is 16.7. The third-order valence-electron chi connectivity index (χ3n) is 8.24. The Labute approximate surface area is 266 Å². The first-order valence-electron chi connectivity index (χ1n) is 17.6. The second-order valence-electron chi connectivity index (χ2n) is 12.3. The second kappa shape index (κ2) is 26.9. The number of carbonyl (C=O) groups is 2. The molecule has 0 aromatic rings. The first-order chi connectivity index (χ1) is 21.3. The van der Waals surface area contributed by atoms with Crippen LogP contribution in [0.1, 0.15) is 149 Å². The molecule has 1 fully saturated rings. The van der Waals surface area contributed by atoms with Gasteiger partial charge in [0.1, 0.15) is 31.0 Å². The molecular weight excluding hydrogens is 568 g/mol. The van der Waals surface area contributed by atoms with Crippen molar-refractivity contribution in [1.29, 1.82) is 0 Å². The molecule has 0 bridgehead atoms. The van der Waals surface area contributed by atoms with Crippen LogP contribution in [-0.4, -0.2) is 89.0 Å². The molecule has 0 amide bonds. The van der Waals surface area contributed by atoms with Gasteiger partial charge in [-0.3, -0.25) is 9.59 Å². The van der Waals surface area contributed by atoms with Gasteiger partial charge in [-0.2, -0.15) is 0 Å². The van der Waals surface area contributed by atoms with Gasteiger partial charge in [0.2, 0.25) is 0 Å². The summed E-state index contributed by atoms with van der Waals surface area (Å²) in [5.41, 5.74) is 0. The van der Waals surface area contributed by atoms with Gasteiger partial charge in [0.25, 0.3) is 0 Å². The number of ether oxygens (including phenoxy) is 4. The minimum absolute atomic E-state index is 0.214. The van der Waals surface area contributed by atoms with E-state index >= 15 is 0 Å². The molecule has 1 aliphatic rings. The van der Waals surface area contributed by atoms with Crippen LogP contribution in [0, 0.1) is 0 Å². The van der Waals surface area contributed by atoms with Crippen LogP contribution in [0.2, 0.25) is 0 Å². The van der Waals surface area contributed by atoms with Gasteiger partial charge in [-0.05, 0) is 12.8 Å². The maximum atomic E-state index is 12.6. The van der Waals surface area contributed by atoms with E-state index in [9.17, 15) is 30.0 Å². The molecule has 0 spiro atoms. The molecule has 0 aromatic carbocycles.